The van der Waals surface area contributed by atoms with Crippen LogP contribution in [0.4, 0.5) is 0 Å². The first-order valence-corrected chi connectivity index (χ1v) is 8.12. The second-order valence-electron chi connectivity index (χ2n) is 4.92. The maximum atomic E-state index is 12.1. The average molecular weight is 309 g/mol. The second-order valence-corrected chi connectivity index (χ2v) is 6.68. The van der Waals surface area contributed by atoms with Gasteiger partial charge in [0.25, 0.3) is 0 Å². The van der Waals surface area contributed by atoms with Gasteiger partial charge in [0.2, 0.25) is 10.0 Å². The van der Waals surface area contributed by atoms with E-state index in [4.69, 9.17) is 0 Å². The van der Waals surface area contributed by atoms with Crippen molar-refractivity contribution in [2.24, 2.45) is 7.05 Å². The Kier molecular flexibility index (Phi) is 4.76. The molecule has 0 saturated heterocycles. The van der Waals surface area contributed by atoms with Crippen LogP contribution in [0, 0.1) is 0 Å². The molecule has 1 atom stereocenters. The Bertz CT molecular complexity index is 691. The predicted octanol–water partition coefficient (Wildman–Crippen LogP) is 0.994. The van der Waals surface area contributed by atoms with Crippen molar-refractivity contribution < 1.29 is 13.5 Å². The van der Waals surface area contributed by atoms with Gasteiger partial charge in [-0.15, -0.1) is 0 Å². The molecule has 114 valence electrons. The van der Waals surface area contributed by atoms with E-state index < -0.39 is 16.1 Å². The van der Waals surface area contributed by atoms with Gasteiger partial charge in [0.05, 0.1) is 17.2 Å². The van der Waals surface area contributed by atoms with E-state index in [-0.39, 0.29) is 4.90 Å². The van der Waals surface area contributed by atoms with E-state index in [9.17, 15) is 13.5 Å². The van der Waals surface area contributed by atoms with Crippen LogP contribution in [0.15, 0.2) is 41.6 Å². The summed E-state index contributed by atoms with van der Waals surface area (Å²) < 4.78 is 28.5. The fourth-order valence-electron chi connectivity index (χ4n) is 1.94. The Morgan fingerprint density at radius 1 is 1.33 bits per heavy atom. The molecule has 6 nitrogen and oxygen atoms in total. The fourth-order valence-corrected chi connectivity index (χ4v) is 2.97. The molecule has 21 heavy (non-hydrogen) atoms. The number of nitrogens with one attached hydrogen (secondary N) is 1. The Labute approximate surface area is 124 Å². The molecule has 0 aliphatic carbocycles. The number of hydrogen-bond donors (Lipinski definition) is 2. The smallest absolute Gasteiger partial charge is 0.240 e. The van der Waals surface area contributed by atoms with Crippen LogP contribution in [0.25, 0.3) is 0 Å². The maximum Gasteiger partial charge on any atom is 0.240 e. The molecule has 1 aromatic carbocycles. The minimum absolute atomic E-state index is 0.193. The highest BCUT2D eigenvalue weighted by Gasteiger charge is 2.13. The average Bonchev–Trinajstić information content (AvgIpc) is 2.84. The third kappa shape index (κ3) is 4.13. The van der Waals surface area contributed by atoms with E-state index in [2.05, 4.69) is 9.82 Å². The van der Waals surface area contributed by atoms with Gasteiger partial charge in [-0.25, -0.2) is 13.1 Å². The lowest BCUT2D eigenvalue weighted by Gasteiger charge is -2.08. The van der Waals surface area contributed by atoms with Crippen molar-refractivity contribution in [1.29, 1.82) is 0 Å². The molecule has 0 amide bonds. The van der Waals surface area contributed by atoms with Crippen LogP contribution < -0.4 is 4.72 Å². The third-order valence-electron chi connectivity index (χ3n) is 3.14. The largest absolute Gasteiger partial charge is 0.389 e. The molecule has 2 N–H and O–H groups in total. The van der Waals surface area contributed by atoms with Crippen LogP contribution in [-0.2, 0) is 23.5 Å². The summed E-state index contributed by atoms with van der Waals surface area (Å²) in [6.45, 7) is 1.95. The van der Waals surface area contributed by atoms with E-state index in [1.54, 1.807) is 29.9 Å². The number of aliphatic hydroxyl groups is 1. The highest BCUT2D eigenvalue weighted by atomic mass is 32.2. The SMILES string of the molecule is CC(O)c1ccc(S(=O)(=O)NCCc2cnn(C)c2)cc1. The normalized spacial score (nSPS) is 13.3. The summed E-state index contributed by atoms with van der Waals surface area (Å²) in [5.74, 6) is 0. The van der Waals surface area contributed by atoms with Crippen LogP contribution in [0.5, 0.6) is 0 Å². The van der Waals surface area contributed by atoms with Crippen molar-refractivity contribution in [3.05, 3.63) is 47.8 Å². The van der Waals surface area contributed by atoms with Gasteiger partial charge < -0.3 is 5.11 Å². The number of aliphatic hydroxyl groups excluding tert-OH is 1. The standard InChI is InChI=1S/C14H19N3O3S/c1-11(18)13-3-5-14(6-4-13)21(19,20)16-8-7-12-9-15-17(2)10-12/h3-6,9-11,16,18H,7-8H2,1-2H3. The first-order valence-electron chi connectivity index (χ1n) is 6.64. The topological polar surface area (TPSA) is 84.2 Å². The summed E-state index contributed by atoms with van der Waals surface area (Å²) in [5, 5.41) is 13.4. The number of hydrogen-bond acceptors (Lipinski definition) is 4. The van der Waals surface area contributed by atoms with Crippen molar-refractivity contribution in [2.45, 2.75) is 24.3 Å². The van der Waals surface area contributed by atoms with Crippen molar-refractivity contribution >= 4 is 10.0 Å². The highest BCUT2D eigenvalue weighted by molar-refractivity contribution is 7.89. The van der Waals surface area contributed by atoms with Crippen molar-refractivity contribution in [3.8, 4) is 0 Å². The molecule has 0 aliphatic heterocycles. The lowest BCUT2D eigenvalue weighted by molar-refractivity contribution is 0.199. The van der Waals surface area contributed by atoms with Gasteiger partial charge in [-0.05, 0) is 36.6 Å². The minimum Gasteiger partial charge on any atom is -0.389 e. The summed E-state index contributed by atoms with van der Waals surface area (Å²) in [5.41, 5.74) is 1.66. The number of aryl methyl sites for hydroxylation is 1. The van der Waals surface area contributed by atoms with E-state index in [1.165, 1.54) is 12.1 Å². The van der Waals surface area contributed by atoms with E-state index in [0.29, 0.717) is 18.5 Å². The van der Waals surface area contributed by atoms with Crippen molar-refractivity contribution in [3.63, 3.8) is 0 Å². The van der Waals surface area contributed by atoms with E-state index >= 15 is 0 Å². The van der Waals surface area contributed by atoms with Crippen LogP contribution in [0.1, 0.15) is 24.2 Å². The molecule has 2 rings (SSSR count). The molecule has 0 radical (unpaired) electrons. The Hall–Kier alpha value is -1.70. The molecule has 7 heteroatoms. The molecule has 0 fully saturated rings. The summed E-state index contributed by atoms with van der Waals surface area (Å²) in [6, 6.07) is 6.21. The zero-order valence-electron chi connectivity index (χ0n) is 12.0. The highest BCUT2D eigenvalue weighted by Crippen LogP contribution is 2.15. The molecule has 0 aliphatic rings. The van der Waals surface area contributed by atoms with Crippen molar-refractivity contribution in [1.82, 2.24) is 14.5 Å². The molecule has 1 unspecified atom stereocenters. The van der Waals surface area contributed by atoms with Crippen LogP contribution in [-0.4, -0.2) is 29.8 Å². The molecular weight excluding hydrogens is 290 g/mol. The zero-order valence-corrected chi connectivity index (χ0v) is 12.8. The van der Waals surface area contributed by atoms with Gasteiger partial charge in [0.15, 0.2) is 0 Å². The van der Waals surface area contributed by atoms with Gasteiger partial charge >= 0.3 is 0 Å². The number of nitrogens with zero attached hydrogens (tertiary/aromatic N) is 2. The van der Waals surface area contributed by atoms with Gasteiger partial charge in [0, 0.05) is 19.8 Å². The second kappa shape index (κ2) is 6.38. The molecule has 0 bridgehead atoms. The van der Waals surface area contributed by atoms with Crippen LogP contribution >= 0.6 is 0 Å². The Morgan fingerprint density at radius 2 is 2.00 bits per heavy atom. The van der Waals surface area contributed by atoms with Crippen LogP contribution in [0.2, 0.25) is 0 Å². The van der Waals surface area contributed by atoms with E-state index in [1.807, 2.05) is 13.2 Å². The molecule has 2 aromatic rings. The first-order chi connectivity index (χ1) is 9.88. The molecule has 0 saturated carbocycles. The van der Waals surface area contributed by atoms with E-state index in [0.717, 1.165) is 5.56 Å². The summed E-state index contributed by atoms with van der Waals surface area (Å²) in [7, 11) is -1.71. The van der Waals surface area contributed by atoms with Gasteiger partial charge in [-0.1, -0.05) is 12.1 Å². The first kappa shape index (κ1) is 15.7. The number of rotatable bonds is 6. The number of aromatic nitrogens is 2. The lowest BCUT2D eigenvalue weighted by Crippen LogP contribution is -2.25. The molecular formula is C14H19N3O3S. The van der Waals surface area contributed by atoms with Gasteiger partial charge in [0.1, 0.15) is 0 Å². The van der Waals surface area contributed by atoms with Gasteiger partial charge in [-0.3, -0.25) is 4.68 Å². The zero-order chi connectivity index (χ0) is 15.5. The Balaban J connectivity index is 1.97. The quantitative estimate of drug-likeness (QED) is 0.833. The minimum atomic E-state index is -3.52. The fraction of sp³-hybridized carbons (Fsp3) is 0.357. The summed E-state index contributed by atoms with van der Waals surface area (Å²) in [4.78, 5) is 0.193. The monoisotopic (exact) mass is 309 g/mol. The third-order valence-corrected chi connectivity index (χ3v) is 4.61. The van der Waals surface area contributed by atoms with Crippen molar-refractivity contribution in [2.75, 3.05) is 6.54 Å². The summed E-state index contributed by atoms with van der Waals surface area (Å²) in [6.07, 6.45) is 3.54. The maximum absolute atomic E-state index is 12.1. The molecule has 0 spiro atoms. The molecule has 1 aromatic heterocycles. The van der Waals surface area contributed by atoms with Gasteiger partial charge in [-0.2, -0.15) is 5.10 Å². The lowest BCUT2D eigenvalue weighted by atomic mass is 10.1. The predicted molar refractivity (Wildman–Crippen MR) is 79.2 cm³/mol. The number of sulfonamides is 1. The number of benzene rings is 1. The van der Waals surface area contributed by atoms with Crippen LogP contribution in [0.3, 0.4) is 0 Å². The molecule has 1 heterocycles. The summed E-state index contributed by atoms with van der Waals surface area (Å²) >= 11 is 0. The Morgan fingerprint density at radius 3 is 2.52 bits per heavy atom.